The summed E-state index contributed by atoms with van der Waals surface area (Å²) in [5.41, 5.74) is 2.11. The lowest BCUT2D eigenvalue weighted by Gasteiger charge is -2.41. The number of fused-ring (bicyclic) bond motifs is 1. The van der Waals surface area contributed by atoms with Crippen LogP contribution in [0.15, 0.2) is 72.8 Å². The number of sulfonamides is 1. The number of rotatable bonds is 8. The second-order valence-corrected chi connectivity index (χ2v) is 11.1. The van der Waals surface area contributed by atoms with E-state index in [1.807, 2.05) is 24.3 Å². The summed E-state index contributed by atoms with van der Waals surface area (Å²) in [7, 11) is -3.61. The maximum Gasteiger partial charge on any atom is 0.251 e. The molecule has 8 heteroatoms. The van der Waals surface area contributed by atoms with Crippen LogP contribution in [0.2, 0.25) is 0 Å². The number of halogens is 1. The number of ether oxygens (including phenoxy) is 1. The Hall–Kier alpha value is -3.39. The molecule has 1 aliphatic heterocycles. The Bertz CT molecular complexity index is 1320. The van der Waals surface area contributed by atoms with Crippen LogP contribution >= 0.6 is 0 Å². The predicted octanol–water partition coefficient (Wildman–Crippen LogP) is 5.60. The van der Waals surface area contributed by atoms with Crippen LogP contribution in [-0.4, -0.2) is 26.2 Å². The number of carbonyl (C=O) groups is 1. The van der Waals surface area contributed by atoms with Crippen molar-refractivity contribution in [3.8, 4) is 5.75 Å². The van der Waals surface area contributed by atoms with E-state index in [0.717, 1.165) is 30.4 Å². The lowest BCUT2D eigenvalue weighted by molar-refractivity contribution is 0.0227. The van der Waals surface area contributed by atoms with Gasteiger partial charge in [0.05, 0.1) is 24.5 Å². The van der Waals surface area contributed by atoms with Crippen LogP contribution < -0.4 is 14.4 Å². The zero-order valence-electron chi connectivity index (χ0n) is 20.7. The summed E-state index contributed by atoms with van der Waals surface area (Å²) in [5, 5.41) is 3.15. The number of anilines is 1. The van der Waals surface area contributed by atoms with Crippen LogP contribution in [0.3, 0.4) is 0 Å². The molecule has 1 unspecified atom stereocenters. The highest BCUT2D eigenvalue weighted by Crippen LogP contribution is 2.42. The maximum absolute atomic E-state index is 13.3. The third kappa shape index (κ3) is 5.54. The molecule has 190 valence electrons. The molecule has 1 atom stereocenters. The van der Waals surface area contributed by atoms with Gasteiger partial charge in [-0.1, -0.05) is 44.2 Å². The average Bonchev–Trinajstić information content (AvgIpc) is 2.87. The molecule has 0 saturated heterocycles. The molecule has 0 aliphatic carbocycles. The van der Waals surface area contributed by atoms with Gasteiger partial charge in [0, 0.05) is 17.5 Å². The van der Waals surface area contributed by atoms with Crippen molar-refractivity contribution in [3.63, 3.8) is 0 Å². The number of amides is 1. The molecule has 3 aromatic carbocycles. The number of para-hydroxylation sites is 1. The second kappa shape index (κ2) is 10.3. The lowest BCUT2D eigenvalue weighted by atomic mass is 9.83. The van der Waals surface area contributed by atoms with E-state index in [4.69, 9.17) is 4.74 Å². The molecule has 1 amide bonds. The molecule has 0 radical (unpaired) electrons. The first-order valence-corrected chi connectivity index (χ1v) is 13.9. The SMILES string of the molecule is CCC1(CC)CC(NC(=O)c2ccc(N(Cc3ccc(F)cc3)S(C)(=O)=O)cc2)c2ccccc2O1. The van der Waals surface area contributed by atoms with Gasteiger partial charge in [-0.25, -0.2) is 12.8 Å². The molecule has 1 heterocycles. The van der Waals surface area contributed by atoms with Crippen molar-refractivity contribution >= 4 is 21.6 Å². The van der Waals surface area contributed by atoms with Crippen molar-refractivity contribution < 1.29 is 22.3 Å². The van der Waals surface area contributed by atoms with Crippen LogP contribution in [0, 0.1) is 5.82 Å². The smallest absolute Gasteiger partial charge is 0.251 e. The van der Waals surface area contributed by atoms with Crippen molar-refractivity contribution in [2.24, 2.45) is 0 Å². The van der Waals surface area contributed by atoms with Gasteiger partial charge >= 0.3 is 0 Å². The zero-order chi connectivity index (χ0) is 25.9. The van der Waals surface area contributed by atoms with Gasteiger partial charge in [-0.15, -0.1) is 0 Å². The van der Waals surface area contributed by atoms with E-state index in [1.54, 1.807) is 36.4 Å². The van der Waals surface area contributed by atoms with E-state index < -0.39 is 10.0 Å². The number of nitrogens with one attached hydrogen (secondary N) is 1. The lowest BCUT2D eigenvalue weighted by Crippen LogP contribution is -2.44. The fraction of sp³-hybridized carbons (Fsp3) is 0.321. The zero-order valence-corrected chi connectivity index (χ0v) is 21.5. The molecule has 4 rings (SSSR count). The van der Waals surface area contributed by atoms with Gasteiger partial charge in [0.15, 0.2) is 0 Å². The maximum atomic E-state index is 13.3. The quantitative estimate of drug-likeness (QED) is 0.428. The molecule has 0 spiro atoms. The fourth-order valence-corrected chi connectivity index (χ4v) is 5.49. The Balaban J connectivity index is 1.54. The highest BCUT2D eigenvalue weighted by atomic mass is 32.2. The summed E-state index contributed by atoms with van der Waals surface area (Å²) in [6, 6.07) is 19.7. The first kappa shape index (κ1) is 25.7. The van der Waals surface area contributed by atoms with Gasteiger partial charge in [0.1, 0.15) is 17.2 Å². The summed E-state index contributed by atoms with van der Waals surface area (Å²) < 4.78 is 45.8. The van der Waals surface area contributed by atoms with Crippen LogP contribution in [-0.2, 0) is 16.6 Å². The normalized spacial score (nSPS) is 16.5. The summed E-state index contributed by atoms with van der Waals surface area (Å²) in [4.78, 5) is 13.2. The van der Waals surface area contributed by atoms with Crippen LogP contribution in [0.5, 0.6) is 5.75 Å². The Morgan fingerprint density at radius 1 is 1.03 bits per heavy atom. The minimum Gasteiger partial charge on any atom is -0.487 e. The second-order valence-electron chi connectivity index (χ2n) is 9.20. The Morgan fingerprint density at radius 3 is 2.28 bits per heavy atom. The first-order chi connectivity index (χ1) is 17.1. The third-order valence-electron chi connectivity index (χ3n) is 6.85. The van der Waals surface area contributed by atoms with Crippen molar-refractivity contribution in [1.29, 1.82) is 0 Å². The number of hydrogen-bond acceptors (Lipinski definition) is 4. The van der Waals surface area contributed by atoms with E-state index in [9.17, 15) is 17.6 Å². The summed E-state index contributed by atoms with van der Waals surface area (Å²) in [6.07, 6.45) is 3.44. The molecular formula is C28H31FN2O4S. The molecule has 1 N–H and O–H groups in total. The minimum atomic E-state index is -3.61. The summed E-state index contributed by atoms with van der Waals surface area (Å²) in [5.74, 6) is 0.161. The van der Waals surface area contributed by atoms with Crippen molar-refractivity contribution in [3.05, 3.63) is 95.3 Å². The molecule has 1 aliphatic rings. The monoisotopic (exact) mass is 510 g/mol. The van der Waals surface area contributed by atoms with Gasteiger partial charge in [-0.05, 0) is 60.9 Å². The third-order valence-corrected chi connectivity index (χ3v) is 7.99. The van der Waals surface area contributed by atoms with E-state index in [1.165, 1.54) is 16.4 Å². The summed E-state index contributed by atoms with van der Waals surface area (Å²) >= 11 is 0. The standard InChI is InChI=1S/C28H31FN2O4S/c1-4-28(5-2)18-25(24-8-6-7-9-26(24)35-28)30-27(32)21-12-16-23(17-13-21)31(36(3,33)34)19-20-10-14-22(29)15-11-20/h6-17,25H,4-5,18-19H2,1-3H3,(H,30,32). The minimum absolute atomic E-state index is 0.0552. The van der Waals surface area contributed by atoms with Crippen LogP contribution in [0.25, 0.3) is 0 Å². The molecule has 0 aromatic heterocycles. The largest absolute Gasteiger partial charge is 0.487 e. The van der Waals surface area contributed by atoms with E-state index in [-0.39, 0.29) is 29.9 Å². The number of nitrogens with zero attached hydrogens (tertiary/aromatic N) is 1. The van der Waals surface area contributed by atoms with Gasteiger partial charge < -0.3 is 10.1 Å². The number of benzene rings is 3. The van der Waals surface area contributed by atoms with Crippen molar-refractivity contribution in [2.75, 3.05) is 10.6 Å². The van der Waals surface area contributed by atoms with E-state index >= 15 is 0 Å². The van der Waals surface area contributed by atoms with Crippen LogP contribution in [0.1, 0.15) is 60.6 Å². The van der Waals surface area contributed by atoms with Gasteiger partial charge in [0.2, 0.25) is 10.0 Å². The van der Waals surface area contributed by atoms with E-state index in [2.05, 4.69) is 19.2 Å². The molecular weight excluding hydrogens is 479 g/mol. The first-order valence-electron chi connectivity index (χ1n) is 12.0. The van der Waals surface area contributed by atoms with Crippen molar-refractivity contribution in [1.82, 2.24) is 5.32 Å². The predicted molar refractivity (Wildman–Crippen MR) is 139 cm³/mol. The molecule has 36 heavy (non-hydrogen) atoms. The molecule has 6 nitrogen and oxygen atoms in total. The Morgan fingerprint density at radius 2 is 1.67 bits per heavy atom. The molecule has 0 bridgehead atoms. The van der Waals surface area contributed by atoms with Crippen molar-refractivity contribution in [2.45, 2.75) is 51.3 Å². The highest BCUT2D eigenvalue weighted by Gasteiger charge is 2.39. The Labute approximate surface area is 212 Å². The average molecular weight is 511 g/mol. The molecule has 0 saturated carbocycles. The van der Waals surface area contributed by atoms with Gasteiger partial charge in [0.25, 0.3) is 5.91 Å². The molecule has 3 aromatic rings. The number of carbonyl (C=O) groups excluding carboxylic acids is 1. The Kier molecular flexibility index (Phi) is 7.36. The fourth-order valence-electron chi connectivity index (χ4n) is 4.61. The van der Waals surface area contributed by atoms with E-state index in [0.29, 0.717) is 23.2 Å². The van der Waals surface area contributed by atoms with Gasteiger partial charge in [-0.3, -0.25) is 9.10 Å². The summed E-state index contributed by atoms with van der Waals surface area (Å²) in [6.45, 7) is 4.24. The van der Waals surface area contributed by atoms with Crippen LogP contribution in [0.4, 0.5) is 10.1 Å². The number of hydrogen-bond donors (Lipinski definition) is 1. The molecule has 0 fully saturated rings. The van der Waals surface area contributed by atoms with Gasteiger partial charge in [-0.2, -0.15) is 0 Å². The topological polar surface area (TPSA) is 75.7 Å². The highest BCUT2D eigenvalue weighted by molar-refractivity contribution is 7.92.